The highest BCUT2D eigenvalue weighted by molar-refractivity contribution is 7.99. The van der Waals surface area contributed by atoms with E-state index in [0.29, 0.717) is 5.25 Å². The number of rotatable bonds is 7. The van der Waals surface area contributed by atoms with Crippen LogP contribution in [0.2, 0.25) is 0 Å². The zero-order valence-electron chi connectivity index (χ0n) is 11.4. The molecular formula is C14H25NOS. The van der Waals surface area contributed by atoms with Crippen molar-refractivity contribution in [2.75, 3.05) is 5.75 Å². The molecule has 2 N–H and O–H groups in total. The average molecular weight is 255 g/mol. The van der Waals surface area contributed by atoms with Crippen molar-refractivity contribution in [2.24, 2.45) is 11.7 Å². The molecule has 0 aliphatic carbocycles. The number of thioether (sulfide) groups is 1. The summed E-state index contributed by atoms with van der Waals surface area (Å²) in [5, 5.41) is 0.299. The fourth-order valence-corrected chi connectivity index (χ4v) is 3.26. The normalized spacial score (nSPS) is 15.2. The van der Waals surface area contributed by atoms with Gasteiger partial charge in [-0.1, -0.05) is 20.8 Å². The van der Waals surface area contributed by atoms with Crippen LogP contribution in [0.15, 0.2) is 16.5 Å². The first-order chi connectivity index (χ1) is 8.04. The average Bonchev–Trinajstić information content (AvgIpc) is 2.69. The highest BCUT2D eigenvalue weighted by Crippen LogP contribution is 2.34. The van der Waals surface area contributed by atoms with Crippen molar-refractivity contribution in [3.05, 3.63) is 23.7 Å². The maximum Gasteiger partial charge on any atom is 0.118 e. The van der Waals surface area contributed by atoms with Crippen molar-refractivity contribution in [1.29, 1.82) is 0 Å². The van der Waals surface area contributed by atoms with Crippen LogP contribution in [0, 0.1) is 12.8 Å². The molecule has 2 atom stereocenters. The topological polar surface area (TPSA) is 39.2 Å². The van der Waals surface area contributed by atoms with E-state index in [1.54, 1.807) is 0 Å². The van der Waals surface area contributed by atoms with Gasteiger partial charge in [0.05, 0.1) is 5.25 Å². The summed E-state index contributed by atoms with van der Waals surface area (Å²) in [5.41, 5.74) is 6.19. The Hall–Kier alpha value is -0.410. The van der Waals surface area contributed by atoms with E-state index in [0.717, 1.165) is 29.6 Å². The standard InChI is InChI=1S/C14H25NOS/c1-5-12(15)14(17-9-8-10(2)3)13-7-6-11(4)16-13/h6-7,10,12,14H,5,8-9,15H2,1-4H3. The SMILES string of the molecule is CCC(N)C(SCCC(C)C)c1ccc(C)o1. The summed E-state index contributed by atoms with van der Waals surface area (Å²) in [6.07, 6.45) is 2.22. The summed E-state index contributed by atoms with van der Waals surface area (Å²) in [5.74, 6) is 3.90. The second kappa shape index (κ2) is 7.12. The first-order valence-corrected chi connectivity index (χ1v) is 7.53. The molecule has 1 rings (SSSR count). The van der Waals surface area contributed by atoms with Crippen LogP contribution < -0.4 is 5.73 Å². The summed E-state index contributed by atoms with van der Waals surface area (Å²) in [4.78, 5) is 0. The van der Waals surface area contributed by atoms with Crippen molar-refractivity contribution >= 4 is 11.8 Å². The van der Waals surface area contributed by atoms with Crippen LogP contribution in [0.3, 0.4) is 0 Å². The molecule has 98 valence electrons. The zero-order valence-corrected chi connectivity index (χ0v) is 12.2. The lowest BCUT2D eigenvalue weighted by Crippen LogP contribution is -2.25. The fourth-order valence-electron chi connectivity index (χ4n) is 1.67. The predicted molar refractivity (Wildman–Crippen MR) is 76.4 cm³/mol. The molecule has 2 unspecified atom stereocenters. The molecule has 0 saturated carbocycles. The number of hydrogen-bond donors (Lipinski definition) is 1. The van der Waals surface area contributed by atoms with Gasteiger partial charge in [0.15, 0.2) is 0 Å². The zero-order chi connectivity index (χ0) is 12.8. The van der Waals surface area contributed by atoms with E-state index < -0.39 is 0 Å². The van der Waals surface area contributed by atoms with Crippen LogP contribution in [0.5, 0.6) is 0 Å². The third-order valence-electron chi connectivity index (χ3n) is 2.89. The molecule has 0 saturated heterocycles. The molecule has 2 nitrogen and oxygen atoms in total. The van der Waals surface area contributed by atoms with Gasteiger partial charge in [0.1, 0.15) is 11.5 Å². The molecule has 0 bridgehead atoms. The van der Waals surface area contributed by atoms with Crippen molar-refractivity contribution in [1.82, 2.24) is 0 Å². The minimum atomic E-state index is 0.178. The largest absolute Gasteiger partial charge is 0.465 e. The Balaban J connectivity index is 2.61. The Morgan fingerprint density at radius 1 is 1.35 bits per heavy atom. The molecule has 1 aromatic heterocycles. The molecule has 1 aromatic rings. The molecule has 0 fully saturated rings. The summed E-state index contributed by atoms with van der Waals surface area (Å²) < 4.78 is 5.73. The second-order valence-corrected chi connectivity index (χ2v) is 6.24. The summed E-state index contributed by atoms with van der Waals surface area (Å²) in [6.45, 7) is 8.63. The van der Waals surface area contributed by atoms with Gasteiger partial charge >= 0.3 is 0 Å². The molecule has 0 amide bonds. The van der Waals surface area contributed by atoms with Gasteiger partial charge in [0.2, 0.25) is 0 Å². The van der Waals surface area contributed by atoms with Crippen LogP contribution in [0.25, 0.3) is 0 Å². The molecular weight excluding hydrogens is 230 g/mol. The molecule has 0 spiro atoms. The van der Waals surface area contributed by atoms with Gasteiger partial charge in [-0.2, -0.15) is 0 Å². The number of furan rings is 1. The smallest absolute Gasteiger partial charge is 0.118 e. The van der Waals surface area contributed by atoms with Gasteiger partial charge in [-0.25, -0.2) is 0 Å². The molecule has 17 heavy (non-hydrogen) atoms. The minimum Gasteiger partial charge on any atom is -0.465 e. The second-order valence-electron chi connectivity index (χ2n) is 4.99. The van der Waals surface area contributed by atoms with Gasteiger partial charge in [0.25, 0.3) is 0 Å². The maximum atomic E-state index is 6.19. The number of hydrogen-bond acceptors (Lipinski definition) is 3. The lowest BCUT2D eigenvalue weighted by atomic mass is 10.1. The van der Waals surface area contributed by atoms with Crippen molar-refractivity contribution < 1.29 is 4.42 Å². The molecule has 1 heterocycles. The van der Waals surface area contributed by atoms with Gasteiger partial charge in [-0.05, 0) is 43.6 Å². The third-order valence-corrected chi connectivity index (χ3v) is 4.31. The van der Waals surface area contributed by atoms with E-state index in [1.165, 1.54) is 6.42 Å². The lowest BCUT2D eigenvalue weighted by molar-refractivity contribution is 0.454. The lowest BCUT2D eigenvalue weighted by Gasteiger charge is -2.20. The van der Waals surface area contributed by atoms with E-state index in [9.17, 15) is 0 Å². The number of aryl methyl sites for hydroxylation is 1. The molecule has 0 aliphatic heterocycles. The van der Waals surface area contributed by atoms with Crippen molar-refractivity contribution in [3.63, 3.8) is 0 Å². The van der Waals surface area contributed by atoms with Crippen molar-refractivity contribution in [3.8, 4) is 0 Å². The van der Waals surface area contributed by atoms with Crippen LogP contribution >= 0.6 is 11.8 Å². The summed E-state index contributed by atoms with van der Waals surface area (Å²) in [6, 6.07) is 4.27. The van der Waals surface area contributed by atoms with E-state index in [4.69, 9.17) is 10.2 Å². The van der Waals surface area contributed by atoms with E-state index in [1.807, 2.05) is 24.8 Å². The van der Waals surface area contributed by atoms with E-state index in [-0.39, 0.29) is 6.04 Å². The molecule has 0 aromatic carbocycles. The van der Waals surface area contributed by atoms with E-state index >= 15 is 0 Å². The molecule has 3 heteroatoms. The Labute approximate surface area is 109 Å². The Kier molecular flexibility index (Phi) is 6.14. The van der Waals surface area contributed by atoms with Crippen LogP contribution in [0.4, 0.5) is 0 Å². The maximum absolute atomic E-state index is 6.19. The van der Waals surface area contributed by atoms with Crippen molar-refractivity contribution in [2.45, 2.75) is 51.8 Å². The molecule has 0 radical (unpaired) electrons. The summed E-state index contributed by atoms with van der Waals surface area (Å²) in [7, 11) is 0. The van der Waals surface area contributed by atoms with Crippen LogP contribution in [0.1, 0.15) is 50.4 Å². The van der Waals surface area contributed by atoms with Gasteiger partial charge in [-0.15, -0.1) is 11.8 Å². The monoisotopic (exact) mass is 255 g/mol. The highest BCUT2D eigenvalue weighted by Gasteiger charge is 2.22. The predicted octanol–water partition coefficient (Wildman–Crippen LogP) is 4.15. The quantitative estimate of drug-likeness (QED) is 0.795. The first kappa shape index (κ1) is 14.7. The number of nitrogens with two attached hydrogens (primary N) is 1. The Morgan fingerprint density at radius 3 is 2.53 bits per heavy atom. The third kappa shape index (κ3) is 4.76. The van der Waals surface area contributed by atoms with Gasteiger partial charge < -0.3 is 10.2 Å². The van der Waals surface area contributed by atoms with Crippen LogP contribution in [-0.2, 0) is 0 Å². The fraction of sp³-hybridized carbons (Fsp3) is 0.714. The Morgan fingerprint density at radius 2 is 2.06 bits per heavy atom. The highest BCUT2D eigenvalue weighted by atomic mass is 32.2. The first-order valence-electron chi connectivity index (χ1n) is 6.48. The van der Waals surface area contributed by atoms with E-state index in [2.05, 4.69) is 26.8 Å². The molecule has 0 aliphatic rings. The summed E-state index contributed by atoms with van der Waals surface area (Å²) >= 11 is 1.93. The Bertz CT molecular complexity index is 322. The minimum absolute atomic E-state index is 0.178. The van der Waals surface area contributed by atoms with Gasteiger partial charge in [0, 0.05) is 6.04 Å². The van der Waals surface area contributed by atoms with Gasteiger partial charge in [-0.3, -0.25) is 0 Å². The van der Waals surface area contributed by atoms with Crippen LogP contribution in [-0.4, -0.2) is 11.8 Å².